The summed E-state index contributed by atoms with van der Waals surface area (Å²) in [5.41, 5.74) is 6.53. The molecule has 100 valence electrons. The largest absolute Gasteiger partial charge is 0.468 e. The predicted octanol–water partition coefficient (Wildman–Crippen LogP) is 0.364. The quantitative estimate of drug-likeness (QED) is 0.699. The van der Waals surface area contributed by atoms with Crippen LogP contribution in [0.5, 0.6) is 0 Å². The van der Waals surface area contributed by atoms with E-state index in [1.165, 1.54) is 13.4 Å². The van der Waals surface area contributed by atoms with Crippen molar-refractivity contribution in [2.75, 3.05) is 24.7 Å². The number of halogens is 2. The number of nitrogens with one attached hydrogen (secondary N) is 2. The van der Waals surface area contributed by atoms with Crippen LogP contribution in [0.1, 0.15) is 0 Å². The summed E-state index contributed by atoms with van der Waals surface area (Å²) in [6, 6.07) is 0. The van der Waals surface area contributed by atoms with Crippen molar-refractivity contribution >= 4 is 53.7 Å². The Bertz CT molecular complexity index is 531. The van der Waals surface area contributed by atoms with Crippen LogP contribution in [0.15, 0.2) is 6.33 Å². The lowest BCUT2D eigenvalue weighted by Gasteiger charge is -2.05. The van der Waals surface area contributed by atoms with Crippen LogP contribution in [0.25, 0.3) is 11.2 Å². The highest BCUT2D eigenvalue weighted by molar-refractivity contribution is 5.86. The SMILES string of the molecule is COC(=O)CNc1nc(N)nc2nc[nH]c12.Cl.Cl. The summed E-state index contributed by atoms with van der Waals surface area (Å²) in [4.78, 5) is 25.6. The first kappa shape index (κ1) is 16.2. The van der Waals surface area contributed by atoms with Crippen LogP contribution in [0.4, 0.5) is 11.8 Å². The number of aromatic nitrogens is 4. The van der Waals surface area contributed by atoms with Crippen molar-refractivity contribution in [3.63, 3.8) is 0 Å². The molecule has 2 aromatic heterocycles. The first-order chi connectivity index (χ1) is 7.70. The molecule has 0 aliphatic heterocycles. The molecule has 0 spiro atoms. The maximum atomic E-state index is 11.0. The number of hydrogen-bond donors (Lipinski definition) is 3. The number of carbonyl (C=O) groups is 1. The summed E-state index contributed by atoms with van der Waals surface area (Å²) in [6.45, 7) is 0.00106. The molecule has 8 nitrogen and oxygen atoms in total. The maximum absolute atomic E-state index is 11.0. The average Bonchev–Trinajstić information content (AvgIpc) is 2.73. The van der Waals surface area contributed by atoms with Crippen LogP contribution in [-0.2, 0) is 9.53 Å². The second-order valence-electron chi connectivity index (χ2n) is 2.96. The number of nitrogens with two attached hydrogens (primary N) is 1. The highest BCUT2D eigenvalue weighted by atomic mass is 35.5. The van der Waals surface area contributed by atoms with Gasteiger partial charge >= 0.3 is 5.97 Å². The van der Waals surface area contributed by atoms with Gasteiger partial charge in [-0.1, -0.05) is 0 Å². The molecule has 4 N–H and O–H groups in total. The van der Waals surface area contributed by atoms with Crippen molar-refractivity contribution in [3.8, 4) is 0 Å². The number of H-pyrrole nitrogens is 1. The Kier molecular flexibility index (Phi) is 6.14. The normalized spacial score (nSPS) is 9.17. The fourth-order valence-corrected chi connectivity index (χ4v) is 1.21. The Morgan fingerprint density at radius 1 is 1.50 bits per heavy atom. The summed E-state index contributed by atoms with van der Waals surface area (Å²) in [7, 11) is 1.31. The van der Waals surface area contributed by atoms with Gasteiger partial charge in [-0.05, 0) is 0 Å². The first-order valence-electron chi connectivity index (χ1n) is 4.48. The van der Waals surface area contributed by atoms with E-state index < -0.39 is 5.97 Å². The maximum Gasteiger partial charge on any atom is 0.325 e. The second-order valence-corrected chi connectivity index (χ2v) is 2.96. The summed E-state index contributed by atoms with van der Waals surface area (Å²) >= 11 is 0. The van der Waals surface area contributed by atoms with E-state index >= 15 is 0 Å². The van der Waals surface area contributed by atoms with Crippen LogP contribution >= 0.6 is 24.8 Å². The predicted molar refractivity (Wildman–Crippen MR) is 71.1 cm³/mol. The zero-order valence-electron chi connectivity index (χ0n) is 9.34. The molecule has 10 heteroatoms. The standard InChI is InChI=1S/C8H10N6O2.2ClH/c1-16-4(15)2-10-6-5-7(12-3-11-5)14-8(9)13-6;;/h3H,2H2,1H3,(H4,9,10,11,12,13,14);2*1H. The van der Waals surface area contributed by atoms with Gasteiger partial charge in [0.05, 0.1) is 13.4 Å². The third kappa shape index (κ3) is 3.34. The minimum Gasteiger partial charge on any atom is -0.468 e. The van der Waals surface area contributed by atoms with E-state index in [1.54, 1.807) is 0 Å². The monoisotopic (exact) mass is 294 g/mol. The smallest absolute Gasteiger partial charge is 0.325 e. The number of aromatic amines is 1. The molecule has 0 unspecified atom stereocenters. The number of esters is 1. The molecule has 2 rings (SSSR count). The molecule has 0 saturated carbocycles. The third-order valence-corrected chi connectivity index (χ3v) is 1.93. The molecule has 0 saturated heterocycles. The highest BCUT2D eigenvalue weighted by Crippen LogP contribution is 2.16. The number of rotatable bonds is 3. The number of fused-ring (bicyclic) bond motifs is 1. The second kappa shape index (κ2) is 6.82. The molecule has 0 radical (unpaired) electrons. The van der Waals surface area contributed by atoms with E-state index in [1.807, 2.05) is 0 Å². The Morgan fingerprint density at radius 3 is 2.89 bits per heavy atom. The first-order valence-corrected chi connectivity index (χ1v) is 4.48. The van der Waals surface area contributed by atoms with Crippen molar-refractivity contribution < 1.29 is 9.53 Å². The molecular formula is C8H12Cl2N6O2. The Balaban J connectivity index is 0.00000144. The Morgan fingerprint density at radius 2 is 2.22 bits per heavy atom. The third-order valence-electron chi connectivity index (χ3n) is 1.93. The number of methoxy groups -OCH3 is 1. The topological polar surface area (TPSA) is 119 Å². The van der Waals surface area contributed by atoms with Crippen molar-refractivity contribution in [2.45, 2.75) is 0 Å². The van der Waals surface area contributed by atoms with Gasteiger partial charge < -0.3 is 20.8 Å². The lowest BCUT2D eigenvalue weighted by Crippen LogP contribution is -2.16. The lowest BCUT2D eigenvalue weighted by atomic mass is 10.4. The molecule has 2 heterocycles. The van der Waals surface area contributed by atoms with Gasteiger partial charge in [0.15, 0.2) is 11.5 Å². The number of carbonyl (C=O) groups excluding carboxylic acids is 1. The van der Waals surface area contributed by atoms with Crippen LogP contribution in [0.3, 0.4) is 0 Å². The zero-order valence-corrected chi connectivity index (χ0v) is 11.0. The van der Waals surface area contributed by atoms with Crippen molar-refractivity contribution in [1.82, 2.24) is 19.9 Å². The molecule has 0 atom stereocenters. The molecule has 2 aromatic rings. The van der Waals surface area contributed by atoms with Gasteiger partial charge in [0, 0.05) is 0 Å². The number of imidazole rings is 1. The van der Waals surface area contributed by atoms with Crippen molar-refractivity contribution in [3.05, 3.63) is 6.33 Å². The highest BCUT2D eigenvalue weighted by Gasteiger charge is 2.09. The van der Waals surface area contributed by atoms with Crippen LogP contribution < -0.4 is 11.1 Å². The number of ether oxygens (including phenoxy) is 1. The minimum atomic E-state index is -0.398. The van der Waals surface area contributed by atoms with Gasteiger partial charge in [0.2, 0.25) is 5.95 Å². The molecule has 0 fully saturated rings. The van der Waals surface area contributed by atoms with E-state index in [9.17, 15) is 4.79 Å². The van der Waals surface area contributed by atoms with Crippen LogP contribution in [-0.4, -0.2) is 39.6 Å². The minimum absolute atomic E-state index is 0. The fourth-order valence-electron chi connectivity index (χ4n) is 1.21. The molecule has 0 aliphatic rings. The van der Waals surface area contributed by atoms with Crippen molar-refractivity contribution in [2.24, 2.45) is 0 Å². The summed E-state index contributed by atoms with van der Waals surface area (Å²) in [5.74, 6) is 0.113. The molecule has 0 amide bonds. The summed E-state index contributed by atoms with van der Waals surface area (Å²) in [5, 5.41) is 2.79. The number of hydrogen-bond acceptors (Lipinski definition) is 7. The number of nitrogen functional groups attached to an aromatic ring is 1. The van der Waals surface area contributed by atoms with Crippen molar-refractivity contribution in [1.29, 1.82) is 0 Å². The van der Waals surface area contributed by atoms with Gasteiger partial charge in [-0.3, -0.25) is 4.79 Å². The molecule has 0 aliphatic carbocycles. The van der Waals surface area contributed by atoms with E-state index in [0.717, 1.165) is 0 Å². The lowest BCUT2D eigenvalue weighted by molar-refractivity contribution is -0.138. The van der Waals surface area contributed by atoms with Crippen LogP contribution in [0, 0.1) is 0 Å². The van der Waals surface area contributed by atoms with Gasteiger partial charge in [-0.25, -0.2) is 4.98 Å². The van der Waals surface area contributed by atoms with Gasteiger partial charge in [0.1, 0.15) is 12.1 Å². The average molecular weight is 295 g/mol. The number of anilines is 2. The van der Waals surface area contributed by atoms with Gasteiger partial charge in [-0.15, -0.1) is 24.8 Å². The Labute approximate surface area is 115 Å². The van der Waals surface area contributed by atoms with Gasteiger partial charge in [-0.2, -0.15) is 9.97 Å². The zero-order chi connectivity index (χ0) is 11.5. The summed E-state index contributed by atoms with van der Waals surface area (Å²) < 4.78 is 4.49. The summed E-state index contributed by atoms with van der Waals surface area (Å²) in [6.07, 6.45) is 1.47. The fraction of sp³-hybridized carbons (Fsp3) is 0.250. The van der Waals surface area contributed by atoms with Crippen LogP contribution in [0.2, 0.25) is 0 Å². The molecular weight excluding hydrogens is 283 g/mol. The number of nitrogens with zero attached hydrogens (tertiary/aromatic N) is 3. The van der Waals surface area contributed by atoms with E-state index in [2.05, 4.69) is 30.0 Å². The van der Waals surface area contributed by atoms with E-state index in [-0.39, 0.29) is 37.3 Å². The Hall–Kier alpha value is -1.80. The van der Waals surface area contributed by atoms with E-state index in [0.29, 0.717) is 17.0 Å². The van der Waals surface area contributed by atoms with E-state index in [4.69, 9.17) is 5.73 Å². The molecule has 0 bridgehead atoms. The van der Waals surface area contributed by atoms with Gasteiger partial charge in [0.25, 0.3) is 0 Å². The molecule has 18 heavy (non-hydrogen) atoms. The molecule has 0 aromatic carbocycles.